The average Bonchev–Trinajstić information content (AvgIpc) is 2.70. The molecule has 1 aromatic carbocycles. The molecule has 1 atom stereocenters. The van der Waals surface area contributed by atoms with E-state index in [1.165, 1.54) is 0 Å². The molecule has 1 aliphatic heterocycles. The second-order valence-electron chi connectivity index (χ2n) is 4.18. The van der Waals surface area contributed by atoms with Crippen molar-refractivity contribution in [1.29, 1.82) is 0 Å². The van der Waals surface area contributed by atoms with Gasteiger partial charge in [0.25, 0.3) is 0 Å². The molecule has 0 bridgehead atoms. The van der Waals surface area contributed by atoms with Gasteiger partial charge in [-0.3, -0.25) is 4.99 Å². The summed E-state index contributed by atoms with van der Waals surface area (Å²) in [6.45, 7) is 5.38. The van der Waals surface area contributed by atoms with Crippen LogP contribution < -0.4 is 5.32 Å². The van der Waals surface area contributed by atoms with Crippen molar-refractivity contribution in [1.82, 2.24) is 0 Å². The minimum Gasteiger partial charge on any atom is -0.335 e. The lowest BCUT2D eigenvalue weighted by Gasteiger charge is -2.12. The van der Waals surface area contributed by atoms with Crippen molar-refractivity contribution in [3.63, 3.8) is 0 Å². The van der Waals surface area contributed by atoms with Crippen LogP contribution in [-0.4, -0.2) is 17.0 Å². The Morgan fingerprint density at radius 2 is 2.06 bits per heavy atom. The molecule has 0 saturated carbocycles. The summed E-state index contributed by atoms with van der Waals surface area (Å²) in [6, 6.07) is 7.69. The van der Waals surface area contributed by atoms with Crippen LogP contribution in [0, 0.1) is 5.92 Å². The molecule has 0 saturated heterocycles. The summed E-state index contributed by atoms with van der Waals surface area (Å²) >= 11 is 7.65. The van der Waals surface area contributed by atoms with E-state index < -0.39 is 0 Å². The highest BCUT2D eigenvalue weighted by molar-refractivity contribution is 8.15. The van der Waals surface area contributed by atoms with Crippen LogP contribution in [0.3, 0.4) is 0 Å². The summed E-state index contributed by atoms with van der Waals surface area (Å²) < 4.78 is 0. The molecule has 1 aliphatic rings. The SMILES string of the molecule is CC(C)C1CN=C(Nc2ccc(Cl)cc2)S1. The van der Waals surface area contributed by atoms with E-state index in [4.69, 9.17) is 11.6 Å². The lowest BCUT2D eigenvalue weighted by molar-refractivity contribution is 0.621. The first-order valence-corrected chi connectivity index (χ1v) is 6.64. The van der Waals surface area contributed by atoms with Crippen molar-refractivity contribution < 1.29 is 0 Å². The Labute approximate surface area is 105 Å². The summed E-state index contributed by atoms with van der Waals surface area (Å²) in [5.74, 6) is 0.665. The molecule has 0 radical (unpaired) electrons. The normalized spacial score (nSPS) is 20.0. The second kappa shape index (κ2) is 5.11. The number of rotatable bonds is 2. The quantitative estimate of drug-likeness (QED) is 0.866. The largest absolute Gasteiger partial charge is 0.335 e. The van der Waals surface area contributed by atoms with Crippen LogP contribution in [0.4, 0.5) is 5.69 Å². The maximum atomic E-state index is 5.83. The Morgan fingerprint density at radius 3 is 2.62 bits per heavy atom. The highest BCUT2D eigenvalue weighted by atomic mass is 35.5. The Balaban J connectivity index is 1.94. The van der Waals surface area contributed by atoms with Crippen molar-refractivity contribution in [3.05, 3.63) is 29.3 Å². The Hall–Kier alpha value is -0.670. The summed E-state index contributed by atoms with van der Waals surface area (Å²) in [5, 5.41) is 5.68. The molecule has 2 rings (SSSR count). The van der Waals surface area contributed by atoms with E-state index in [0.717, 1.165) is 22.4 Å². The number of nitrogens with zero attached hydrogens (tertiary/aromatic N) is 1. The third-order valence-electron chi connectivity index (χ3n) is 2.52. The van der Waals surface area contributed by atoms with Crippen LogP contribution >= 0.6 is 23.4 Å². The standard InChI is InChI=1S/C12H15ClN2S/c1-8(2)11-7-14-12(16-11)15-10-5-3-9(13)4-6-10/h3-6,8,11H,7H2,1-2H3,(H,14,15). The minimum absolute atomic E-state index is 0.606. The van der Waals surface area contributed by atoms with Crippen molar-refractivity contribution in [3.8, 4) is 0 Å². The Kier molecular flexibility index (Phi) is 3.77. The highest BCUT2D eigenvalue weighted by Gasteiger charge is 2.22. The number of thioether (sulfide) groups is 1. The molecule has 1 N–H and O–H groups in total. The summed E-state index contributed by atoms with van der Waals surface area (Å²) in [4.78, 5) is 4.49. The van der Waals surface area contributed by atoms with Gasteiger partial charge in [-0.15, -0.1) is 0 Å². The van der Waals surface area contributed by atoms with E-state index >= 15 is 0 Å². The fourth-order valence-corrected chi connectivity index (χ4v) is 2.62. The maximum absolute atomic E-state index is 5.83. The summed E-state index contributed by atoms with van der Waals surface area (Å²) in [6.07, 6.45) is 0. The molecule has 0 amide bonds. The van der Waals surface area contributed by atoms with Gasteiger partial charge in [0.1, 0.15) is 0 Å². The van der Waals surface area contributed by atoms with Gasteiger partial charge in [-0.2, -0.15) is 0 Å². The van der Waals surface area contributed by atoms with Crippen molar-refractivity contribution >= 4 is 34.2 Å². The average molecular weight is 255 g/mol. The van der Waals surface area contributed by atoms with Gasteiger partial charge in [0.15, 0.2) is 5.17 Å². The molecule has 0 fully saturated rings. The number of aliphatic imine (C=N–C) groups is 1. The zero-order valence-electron chi connectivity index (χ0n) is 9.40. The number of hydrogen-bond donors (Lipinski definition) is 1. The summed E-state index contributed by atoms with van der Waals surface area (Å²) in [7, 11) is 0. The van der Waals surface area contributed by atoms with E-state index in [2.05, 4.69) is 24.2 Å². The molecule has 2 nitrogen and oxygen atoms in total. The van der Waals surface area contributed by atoms with Gasteiger partial charge in [0, 0.05) is 16.0 Å². The molecule has 16 heavy (non-hydrogen) atoms. The van der Waals surface area contributed by atoms with Gasteiger partial charge in [0.05, 0.1) is 6.54 Å². The number of hydrogen-bond acceptors (Lipinski definition) is 3. The van der Waals surface area contributed by atoms with Crippen molar-refractivity contribution in [2.45, 2.75) is 19.1 Å². The van der Waals surface area contributed by atoms with E-state index in [1.54, 1.807) is 0 Å². The van der Waals surface area contributed by atoms with Gasteiger partial charge in [-0.25, -0.2) is 0 Å². The fourth-order valence-electron chi connectivity index (χ4n) is 1.46. The third kappa shape index (κ3) is 2.92. The van der Waals surface area contributed by atoms with Gasteiger partial charge in [-0.1, -0.05) is 37.2 Å². The first kappa shape index (κ1) is 11.8. The lowest BCUT2D eigenvalue weighted by Crippen LogP contribution is -2.13. The molecule has 0 aliphatic carbocycles. The molecule has 4 heteroatoms. The second-order valence-corrected chi connectivity index (χ2v) is 5.84. The van der Waals surface area contributed by atoms with Crippen LogP contribution in [-0.2, 0) is 0 Å². The van der Waals surface area contributed by atoms with Crippen molar-refractivity contribution in [2.24, 2.45) is 10.9 Å². The maximum Gasteiger partial charge on any atom is 0.161 e. The minimum atomic E-state index is 0.606. The summed E-state index contributed by atoms with van der Waals surface area (Å²) in [5.41, 5.74) is 1.04. The smallest absolute Gasteiger partial charge is 0.161 e. The van der Waals surface area contributed by atoms with Crippen LogP contribution in [0.2, 0.25) is 5.02 Å². The predicted molar refractivity (Wildman–Crippen MR) is 73.6 cm³/mol. The van der Waals surface area contributed by atoms with Crippen LogP contribution in [0.1, 0.15) is 13.8 Å². The van der Waals surface area contributed by atoms with Crippen molar-refractivity contribution in [2.75, 3.05) is 11.9 Å². The molecule has 1 unspecified atom stereocenters. The molecule has 1 aromatic rings. The molecular weight excluding hydrogens is 240 g/mol. The van der Waals surface area contributed by atoms with Gasteiger partial charge in [-0.05, 0) is 30.2 Å². The molecular formula is C12H15ClN2S. The Bertz CT molecular complexity index is 387. The first-order valence-electron chi connectivity index (χ1n) is 5.39. The highest BCUT2D eigenvalue weighted by Crippen LogP contribution is 2.28. The van der Waals surface area contributed by atoms with Gasteiger partial charge in [0.2, 0.25) is 0 Å². The van der Waals surface area contributed by atoms with Gasteiger partial charge < -0.3 is 5.32 Å². The number of benzene rings is 1. The molecule has 0 spiro atoms. The van der Waals surface area contributed by atoms with E-state index in [-0.39, 0.29) is 0 Å². The first-order chi connectivity index (χ1) is 7.65. The van der Waals surface area contributed by atoms with E-state index in [1.807, 2.05) is 36.0 Å². The van der Waals surface area contributed by atoms with E-state index in [0.29, 0.717) is 11.2 Å². The topological polar surface area (TPSA) is 24.4 Å². The molecule has 86 valence electrons. The molecule has 0 aromatic heterocycles. The number of amidine groups is 1. The third-order valence-corrected chi connectivity index (χ3v) is 4.22. The number of anilines is 1. The monoisotopic (exact) mass is 254 g/mol. The number of halogens is 1. The van der Waals surface area contributed by atoms with Gasteiger partial charge >= 0.3 is 0 Å². The number of nitrogens with one attached hydrogen (secondary N) is 1. The fraction of sp³-hybridized carbons (Fsp3) is 0.417. The van der Waals surface area contributed by atoms with Crippen LogP contribution in [0.5, 0.6) is 0 Å². The zero-order chi connectivity index (χ0) is 11.5. The Morgan fingerprint density at radius 1 is 1.38 bits per heavy atom. The van der Waals surface area contributed by atoms with Crippen LogP contribution in [0.15, 0.2) is 29.3 Å². The molecule has 1 heterocycles. The zero-order valence-corrected chi connectivity index (χ0v) is 11.0. The lowest BCUT2D eigenvalue weighted by atomic mass is 10.1. The predicted octanol–water partition coefficient (Wildman–Crippen LogP) is 3.88. The van der Waals surface area contributed by atoms with Crippen LogP contribution in [0.25, 0.3) is 0 Å². The van der Waals surface area contributed by atoms with E-state index in [9.17, 15) is 0 Å².